The van der Waals surface area contributed by atoms with Gasteiger partial charge in [-0.15, -0.1) is 0 Å². The average Bonchev–Trinajstić information content (AvgIpc) is 2.66. The molecule has 1 aromatic carbocycles. The number of hydrogen-bond donors (Lipinski definition) is 0. The molecule has 0 aromatic heterocycles. The van der Waals surface area contributed by atoms with Crippen molar-refractivity contribution < 1.29 is 18.7 Å². The normalized spacial score (nSPS) is 26.0. The van der Waals surface area contributed by atoms with Crippen LogP contribution in [0.4, 0.5) is 4.39 Å². The minimum absolute atomic E-state index is 0.0413. The van der Waals surface area contributed by atoms with Gasteiger partial charge in [0.15, 0.2) is 11.6 Å². The van der Waals surface area contributed by atoms with E-state index in [0.717, 1.165) is 12.1 Å². The number of benzene rings is 1. The molecule has 6 heteroatoms. The van der Waals surface area contributed by atoms with E-state index in [2.05, 4.69) is 4.90 Å². The lowest BCUT2D eigenvalue weighted by Gasteiger charge is -2.29. The van der Waals surface area contributed by atoms with E-state index in [4.69, 9.17) is 9.47 Å². The third-order valence-corrected chi connectivity index (χ3v) is 4.47. The summed E-state index contributed by atoms with van der Waals surface area (Å²) in [6.45, 7) is 2.92. The first kappa shape index (κ1) is 15.2. The maximum Gasteiger partial charge on any atom is 0.229 e. The highest BCUT2D eigenvalue weighted by atomic mass is 19.1. The van der Waals surface area contributed by atoms with Gasteiger partial charge < -0.3 is 14.4 Å². The third kappa shape index (κ3) is 2.80. The molecule has 0 unspecified atom stereocenters. The van der Waals surface area contributed by atoms with Crippen molar-refractivity contribution in [2.45, 2.75) is 12.6 Å². The maximum absolute atomic E-state index is 13.8. The molecule has 0 spiro atoms. The van der Waals surface area contributed by atoms with E-state index in [1.807, 2.05) is 13.1 Å². The van der Waals surface area contributed by atoms with Crippen molar-refractivity contribution in [1.82, 2.24) is 9.80 Å². The number of rotatable bonds is 3. The number of methoxy groups -OCH3 is 1. The molecule has 3 rings (SSSR count). The second kappa shape index (κ2) is 6.22. The van der Waals surface area contributed by atoms with Crippen LogP contribution < -0.4 is 4.74 Å². The van der Waals surface area contributed by atoms with E-state index in [0.29, 0.717) is 26.3 Å². The third-order valence-electron chi connectivity index (χ3n) is 4.47. The van der Waals surface area contributed by atoms with Crippen molar-refractivity contribution in [3.63, 3.8) is 0 Å². The second-order valence-corrected chi connectivity index (χ2v) is 5.96. The molecule has 2 aliphatic rings. The van der Waals surface area contributed by atoms with Crippen LogP contribution in [0.25, 0.3) is 0 Å². The summed E-state index contributed by atoms with van der Waals surface area (Å²) in [5, 5.41) is 0. The van der Waals surface area contributed by atoms with E-state index in [1.165, 1.54) is 13.2 Å². The minimum atomic E-state index is -0.355. The molecule has 0 radical (unpaired) electrons. The number of likely N-dealkylation sites (N-methyl/N-ethyl adjacent to an activating group) is 1. The van der Waals surface area contributed by atoms with Gasteiger partial charge in [-0.2, -0.15) is 0 Å². The minimum Gasteiger partial charge on any atom is -0.493 e. The predicted octanol–water partition coefficient (Wildman–Crippen LogP) is 1.12. The van der Waals surface area contributed by atoms with Crippen LogP contribution in [0.2, 0.25) is 0 Å². The number of halogens is 1. The Kier molecular flexibility index (Phi) is 4.31. The molecular formula is C16H21FN2O3. The van der Waals surface area contributed by atoms with Crippen molar-refractivity contribution in [3.8, 4) is 5.75 Å². The largest absolute Gasteiger partial charge is 0.493 e. The van der Waals surface area contributed by atoms with Crippen LogP contribution in [0.3, 0.4) is 0 Å². The fourth-order valence-electron chi connectivity index (χ4n) is 3.26. The van der Waals surface area contributed by atoms with Gasteiger partial charge >= 0.3 is 0 Å². The molecule has 5 nitrogen and oxygen atoms in total. The van der Waals surface area contributed by atoms with Crippen molar-refractivity contribution in [3.05, 3.63) is 29.6 Å². The van der Waals surface area contributed by atoms with Gasteiger partial charge in [-0.3, -0.25) is 9.69 Å². The number of hydrogen-bond acceptors (Lipinski definition) is 4. The lowest BCUT2D eigenvalue weighted by molar-refractivity contribution is -0.133. The molecule has 2 aliphatic heterocycles. The van der Waals surface area contributed by atoms with Crippen molar-refractivity contribution >= 4 is 5.91 Å². The van der Waals surface area contributed by atoms with Gasteiger partial charge in [0, 0.05) is 32.2 Å². The van der Waals surface area contributed by atoms with Crippen LogP contribution in [0.15, 0.2) is 18.2 Å². The molecule has 1 amide bonds. The highest BCUT2D eigenvalue weighted by Gasteiger charge is 2.37. The summed E-state index contributed by atoms with van der Waals surface area (Å²) in [6.07, 6.45) is 0. The van der Waals surface area contributed by atoms with Gasteiger partial charge in [0.05, 0.1) is 32.3 Å². The second-order valence-electron chi connectivity index (χ2n) is 5.96. The van der Waals surface area contributed by atoms with Gasteiger partial charge in [0.25, 0.3) is 0 Å². The number of nitrogens with zero attached hydrogens (tertiary/aromatic N) is 2. The first-order valence-electron chi connectivity index (χ1n) is 7.48. The van der Waals surface area contributed by atoms with E-state index >= 15 is 0 Å². The fourth-order valence-corrected chi connectivity index (χ4v) is 3.26. The Labute approximate surface area is 129 Å². The summed E-state index contributed by atoms with van der Waals surface area (Å²) in [5.74, 6) is -0.0901. The first-order chi connectivity index (χ1) is 10.6. The molecule has 2 saturated heterocycles. The Morgan fingerprint density at radius 3 is 2.95 bits per heavy atom. The number of ether oxygens (including phenoxy) is 2. The monoisotopic (exact) mass is 308 g/mol. The summed E-state index contributed by atoms with van der Waals surface area (Å²) in [7, 11) is 3.31. The summed E-state index contributed by atoms with van der Waals surface area (Å²) in [4.78, 5) is 16.3. The maximum atomic E-state index is 13.8. The predicted molar refractivity (Wildman–Crippen MR) is 79.1 cm³/mol. The van der Waals surface area contributed by atoms with Gasteiger partial charge in [-0.25, -0.2) is 4.39 Å². The molecule has 22 heavy (non-hydrogen) atoms. The Morgan fingerprint density at radius 2 is 2.18 bits per heavy atom. The Morgan fingerprint density at radius 1 is 1.36 bits per heavy atom. The molecule has 0 saturated carbocycles. The number of para-hydroxylation sites is 1. The van der Waals surface area contributed by atoms with Gasteiger partial charge in [0.2, 0.25) is 5.91 Å². The molecule has 120 valence electrons. The van der Waals surface area contributed by atoms with Crippen LogP contribution in [-0.2, 0) is 16.1 Å². The lowest BCUT2D eigenvalue weighted by Crippen LogP contribution is -2.42. The molecule has 0 aliphatic carbocycles. The Balaban J connectivity index is 1.82. The van der Waals surface area contributed by atoms with Crippen LogP contribution in [0, 0.1) is 11.7 Å². The van der Waals surface area contributed by atoms with Gasteiger partial charge in [-0.05, 0) is 6.07 Å². The SMILES string of the molecule is COc1c(F)cccc1CN1C[C@@H]2COC[C@H](C1)N(C)C2=O. The van der Waals surface area contributed by atoms with Crippen molar-refractivity contribution in [2.75, 3.05) is 40.5 Å². The molecular weight excluding hydrogens is 287 g/mol. The van der Waals surface area contributed by atoms with Gasteiger partial charge in [-0.1, -0.05) is 12.1 Å². The summed E-state index contributed by atoms with van der Waals surface area (Å²) in [5.41, 5.74) is 0.804. The van der Waals surface area contributed by atoms with Crippen LogP contribution in [0.5, 0.6) is 5.75 Å². The fraction of sp³-hybridized carbons (Fsp3) is 0.562. The van der Waals surface area contributed by atoms with E-state index in [1.54, 1.807) is 11.0 Å². The summed E-state index contributed by atoms with van der Waals surface area (Å²) < 4.78 is 24.6. The molecule has 1 aromatic rings. The highest BCUT2D eigenvalue weighted by molar-refractivity contribution is 5.79. The number of carbonyl (C=O) groups is 1. The van der Waals surface area contributed by atoms with Crippen LogP contribution in [-0.4, -0.2) is 62.2 Å². The molecule has 2 heterocycles. The first-order valence-corrected chi connectivity index (χ1v) is 7.48. The average molecular weight is 308 g/mol. The smallest absolute Gasteiger partial charge is 0.229 e. The molecule has 2 atom stereocenters. The van der Waals surface area contributed by atoms with Crippen molar-refractivity contribution in [2.24, 2.45) is 5.92 Å². The lowest BCUT2D eigenvalue weighted by atomic mass is 10.1. The van der Waals surface area contributed by atoms with E-state index in [9.17, 15) is 9.18 Å². The quantitative estimate of drug-likeness (QED) is 0.839. The van der Waals surface area contributed by atoms with E-state index < -0.39 is 0 Å². The molecule has 2 bridgehead atoms. The van der Waals surface area contributed by atoms with Gasteiger partial charge in [0.1, 0.15) is 0 Å². The number of amides is 1. The van der Waals surface area contributed by atoms with E-state index in [-0.39, 0.29) is 29.4 Å². The zero-order chi connectivity index (χ0) is 15.7. The van der Waals surface area contributed by atoms with Crippen molar-refractivity contribution in [1.29, 1.82) is 0 Å². The van der Waals surface area contributed by atoms with Crippen LogP contribution in [0.1, 0.15) is 5.56 Å². The number of carbonyl (C=O) groups excluding carboxylic acids is 1. The highest BCUT2D eigenvalue weighted by Crippen LogP contribution is 2.26. The molecule has 0 N–H and O–H groups in total. The Hall–Kier alpha value is -1.66. The summed E-state index contributed by atoms with van der Waals surface area (Å²) in [6, 6.07) is 4.99. The van der Waals surface area contributed by atoms with Crippen LogP contribution >= 0.6 is 0 Å². The Bertz CT molecular complexity index is 566. The zero-order valence-electron chi connectivity index (χ0n) is 12.9. The molecule has 2 fully saturated rings. The summed E-state index contributed by atoms with van der Waals surface area (Å²) >= 11 is 0. The zero-order valence-corrected chi connectivity index (χ0v) is 12.9. The standard InChI is InChI=1S/C16H21FN2O3/c1-18-13-8-19(7-12(16(18)20)9-22-10-13)6-11-4-3-5-14(17)15(11)21-2/h3-5,12-13H,6-10H2,1-2H3/t12-,13+/m1/s1. The number of fused-ring (bicyclic) bond motifs is 3. The topological polar surface area (TPSA) is 42.0 Å².